The van der Waals surface area contributed by atoms with Crippen LogP contribution < -0.4 is 0 Å². The van der Waals surface area contributed by atoms with Crippen LogP contribution in [0.3, 0.4) is 0 Å². The topological polar surface area (TPSA) is 61.8 Å². The lowest BCUT2D eigenvalue weighted by Gasteiger charge is -2.39. The van der Waals surface area contributed by atoms with Gasteiger partial charge >= 0.3 is 11.9 Å². The SMILES string of the molecule is COC(=O)CCSC1(CC(=O)OC)COC1. The van der Waals surface area contributed by atoms with E-state index in [1.807, 2.05) is 0 Å². The van der Waals surface area contributed by atoms with Crippen molar-refractivity contribution in [2.75, 3.05) is 33.2 Å². The molecule has 5 nitrogen and oxygen atoms in total. The molecule has 1 fully saturated rings. The normalized spacial score (nSPS) is 17.4. The molecule has 0 aromatic carbocycles. The second-order valence-electron chi connectivity index (χ2n) is 3.60. The summed E-state index contributed by atoms with van der Waals surface area (Å²) in [6.07, 6.45) is 0.680. The first kappa shape index (κ1) is 13.3. The van der Waals surface area contributed by atoms with Crippen molar-refractivity contribution in [1.29, 1.82) is 0 Å². The first-order valence-electron chi connectivity index (χ1n) is 4.97. The standard InChI is InChI=1S/C10H16O5S/c1-13-8(11)3-4-16-10(6-15-7-10)5-9(12)14-2/h3-7H2,1-2H3. The van der Waals surface area contributed by atoms with Crippen molar-refractivity contribution in [3.05, 3.63) is 0 Å². The van der Waals surface area contributed by atoms with E-state index in [0.29, 0.717) is 31.8 Å². The van der Waals surface area contributed by atoms with E-state index in [1.165, 1.54) is 14.2 Å². The molecule has 92 valence electrons. The summed E-state index contributed by atoms with van der Waals surface area (Å²) in [5.74, 6) is 0.155. The highest BCUT2D eigenvalue weighted by Gasteiger charge is 2.41. The molecule has 0 N–H and O–H groups in total. The predicted molar refractivity (Wildman–Crippen MR) is 59.3 cm³/mol. The van der Waals surface area contributed by atoms with Crippen LogP contribution >= 0.6 is 11.8 Å². The van der Waals surface area contributed by atoms with Crippen molar-refractivity contribution in [2.24, 2.45) is 0 Å². The third-order valence-electron chi connectivity index (χ3n) is 2.37. The Labute approximate surface area is 98.8 Å². The Balaban J connectivity index is 2.30. The van der Waals surface area contributed by atoms with Crippen LogP contribution in [0, 0.1) is 0 Å². The van der Waals surface area contributed by atoms with Gasteiger partial charge in [0.15, 0.2) is 0 Å². The average Bonchev–Trinajstić information content (AvgIpc) is 2.24. The van der Waals surface area contributed by atoms with Crippen LogP contribution in [-0.4, -0.2) is 49.9 Å². The van der Waals surface area contributed by atoms with Gasteiger partial charge in [0.25, 0.3) is 0 Å². The number of carbonyl (C=O) groups is 2. The molecule has 1 aliphatic rings. The second kappa shape index (κ2) is 6.10. The predicted octanol–water partition coefficient (Wildman–Crippen LogP) is 0.615. The van der Waals surface area contributed by atoms with Crippen molar-refractivity contribution in [1.82, 2.24) is 0 Å². The van der Waals surface area contributed by atoms with Gasteiger partial charge in [0.1, 0.15) is 0 Å². The highest BCUT2D eigenvalue weighted by atomic mass is 32.2. The van der Waals surface area contributed by atoms with Crippen LogP contribution in [0.4, 0.5) is 0 Å². The minimum absolute atomic E-state index is 0.207. The van der Waals surface area contributed by atoms with E-state index in [-0.39, 0.29) is 16.7 Å². The number of hydrogen-bond acceptors (Lipinski definition) is 6. The van der Waals surface area contributed by atoms with Crippen molar-refractivity contribution in [3.63, 3.8) is 0 Å². The quantitative estimate of drug-likeness (QED) is 0.642. The Morgan fingerprint density at radius 2 is 1.88 bits per heavy atom. The average molecular weight is 248 g/mol. The van der Waals surface area contributed by atoms with Crippen LogP contribution in [0.1, 0.15) is 12.8 Å². The first-order chi connectivity index (χ1) is 7.62. The summed E-state index contributed by atoms with van der Waals surface area (Å²) < 4.78 is 14.1. The van der Waals surface area contributed by atoms with Gasteiger partial charge in [0.2, 0.25) is 0 Å². The van der Waals surface area contributed by atoms with Crippen LogP contribution in [0.25, 0.3) is 0 Å². The Hall–Kier alpha value is -0.750. The summed E-state index contributed by atoms with van der Waals surface area (Å²) in [4.78, 5) is 22.1. The van der Waals surface area contributed by atoms with Gasteiger partial charge in [-0.1, -0.05) is 0 Å². The second-order valence-corrected chi connectivity index (χ2v) is 5.17. The van der Waals surface area contributed by atoms with Crippen molar-refractivity contribution in [2.45, 2.75) is 17.6 Å². The third kappa shape index (κ3) is 3.68. The summed E-state index contributed by atoms with van der Waals surface area (Å²) >= 11 is 1.57. The molecule has 0 atom stereocenters. The zero-order valence-corrected chi connectivity index (χ0v) is 10.3. The van der Waals surface area contributed by atoms with E-state index in [2.05, 4.69) is 9.47 Å². The number of thioether (sulfide) groups is 1. The molecule has 0 aliphatic carbocycles. The summed E-state index contributed by atoms with van der Waals surface area (Å²) in [6, 6.07) is 0. The molecule has 1 aliphatic heterocycles. The van der Waals surface area contributed by atoms with E-state index < -0.39 is 0 Å². The van der Waals surface area contributed by atoms with E-state index in [4.69, 9.17) is 4.74 Å². The van der Waals surface area contributed by atoms with Crippen molar-refractivity contribution in [3.8, 4) is 0 Å². The largest absolute Gasteiger partial charge is 0.469 e. The Morgan fingerprint density at radius 3 is 2.31 bits per heavy atom. The summed E-state index contributed by atoms with van der Waals surface area (Å²) in [5, 5.41) is 0. The minimum atomic E-state index is -0.242. The Kier molecular flexibility index (Phi) is 5.08. The Morgan fingerprint density at radius 1 is 1.25 bits per heavy atom. The van der Waals surface area contributed by atoms with E-state index >= 15 is 0 Å². The monoisotopic (exact) mass is 248 g/mol. The molecular formula is C10H16O5S. The molecule has 1 rings (SSSR count). The lowest BCUT2D eigenvalue weighted by Crippen LogP contribution is -2.48. The molecule has 0 spiro atoms. The number of rotatable bonds is 6. The fourth-order valence-electron chi connectivity index (χ4n) is 1.35. The zero-order valence-electron chi connectivity index (χ0n) is 9.49. The van der Waals surface area contributed by atoms with Gasteiger partial charge in [0.05, 0.1) is 45.0 Å². The van der Waals surface area contributed by atoms with Gasteiger partial charge in [-0.15, -0.1) is 11.8 Å². The van der Waals surface area contributed by atoms with Gasteiger partial charge in [-0.2, -0.15) is 0 Å². The van der Waals surface area contributed by atoms with Gasteiger partial charge in [0, 0.05) is 5.75 Å². The molecule has 0 radical (unpaired) electrons. The van der Waals surface area contributed by atoms with Crippen LogP contribution in [0.5, 0.6) is 0 Å². The number of ether oxygens (including phenoxy) is 3. The molecule has 6 heteroatoms. The maximum atomic E-state index is 11.2. The minimum Gasteiger partial charge on any atom is -0.469 e. The molecule has 1 saturated heterocycles. The molecule has 0 saturated carbocycles. The van der Waals surface area contributed by atoms with Gasteiger partial charge in [-0.3, -0.25) is 9.59 Å². The highest BCUT2D eigenvalue weighted by molar-refractivity contribution is 8.00. The van der Waals surface area contributed by atoms with Crippen LogP contribution in [-0.2, 0) is 23.8 Å². The van der Waals surface area contributed by atoms with Crippen molar-refractivity contribution >= 4 is 23.7 Å². The van der Waals surface area contributed by atoms with E-state index in [0.717, 1.165) is 0 Å². The number of methoxy groups -OCH3 is 2. The summed E-state index contributed by atoms with van der Waals surface area (Å²) in [5.41, 5.74) is 0. The molecule has 1 heterocycles. The lowest BCUT2D eigenvalue weighted by molar-refractivity contribution is -0.144. The lowest BCUT2D eigenvalue weighted by atomic mass is 10.0. The zero-order chi connectivity index (χ0) is 12.0. The molecule has 0 aromatic rings. The molecular weight excluding hydrogens is 232 g/mol. The van der Waals surface area contributed by atoms with Gasteiger partial charge in [-0.25, -0.2) is 0 Å². The number of esters is 2. The van der Waals surface area contributed by atoms with E-state index in [9.17, 15) is 9.59 Å². The maximum Gasteiger partial charge on any atom is 0.307 e. The molecule has 16 heavy (non-hydrogen) atoms. The molecule has 0 aromatic heterocycles. The molecule has 0 amide bonds. The smallest absolute Gasteiger partial charge is 0.307 e. The number of carbonyl (C=O) groups excluding carboxylic acids is 2. The fraction of sp³-hybridized carbons (Fsp3) is 0.800. The summed E-state index contributed by atoms with van der Waals surface area (Å²) in [7, 11) is 2.73. The van der Waals surface area contributed by atoms with Crippen molar-refractivity contribution < 1.29 is 23.8 Å². The molecule has 0 bridgehead atoms. The van der Waals surface area contributed by atoms with E-state index in [1.54, 1.807) is 11.8 Å². The third-order valence-corrected chi connectivity index (χ3v) is 3.77. The van der Waals surface area contributed by atoms with Crippen LogP contribution in [0.15, 0.2) is 0 Å². The molecule has 0 unspecified atom stereocenters. The van der Waals surface area contributed by atoms with Gasteiger partial charge in [-0.05, 0) is 0 Å². The highest BCUT2D eigenvalue weighted by Crippen LogP contribution is 2.37. The number of hydrogen-bond donors (Lipinski definition) is 0. The fourth-order valence-corrected chi connectivity index (χ4v) is 2.61. The first-order valence-corrected chi connectivity index (χ1v) is 5.96. The van der Waals surface area contributed by atoms with Crippen LogP contribution in [0.2, 0.25) is 0 Å². The van der Waals surface area contributed by atoms with Gasteiger partial charge < -0.3 is 14.2 Å². The maximum absolute atomic E-state index is 11.2. The Bertz CT molecular complexity index is 262. The summed E-state index contributed by atoms with van der Waals surface area (Å²) in [6.45, 7) is 1.07.